The molecule has 0 saturated carbocycles. The zero-order chi connectivity index (χ0) is 14.3. The first-order valence-corrected chi connectivity index (χ1v) is 6.58. The molecular weight excluding hydrogens is 242 g/mol. The molecule has 4 nitrogen and oxygen atoms in total. The molecule has 0 aromatic heterocycles. The molecule has 0 heterocycles. The fourth-order valence-corrected chi connectivity index (χ4v) is 1.68. The SMILES string of the molecule is CCOc1ccc(CNCC(C)(C)OC)cc1OC. The minimum absolute atomic E-state index is 0.157. The molecule has 0 radical (unpaired) electrons. The van der Waals surface area contributed by atoms with Crippen molar-refractivity contribution in [3.05, 3.63) is 23.8 Å². The number of hydrogen-bond donors (Lipinski definition) is 1. The van der Waals surface area contributed by atoms with Crippen LogP contribution in [0, 0.1) is 0 Å². The third-order valence-corrected chi connectivity index (χ3v) is 2.96. The summed E-state index contributed by atoms with van der Waals surface area (Å²) in [5.74, 6) is 1.55. The molecule has 1 rings (SSSR count). The Morgan fingerprint density at radius 3 is 2.47 bits per heavy atom. The molecule has 1 N–H and O–H groups in total. The van der Waals surface area contributed by atoms with Gasteiger partial charge in [-0.2, -0.15) is 0 Å². The van der Waals surface area contributed by atoms with Gasteiger partial charge in [-0.3, -0.25) is 0 Å². The molecule has 0 atom stereocenters. The van der Waals surface area contributed by atoms with Gasteiger partial charge in [0.1, 0.15) is 0 Å². The third kappa shape index (κ3) is 5.09. The molecule has 19 heavy (non-hydrogen) atoms. The highest BCUT2D eigenvalue weighted by molar-refractivity contribution is 5.42. The number of ether oxygens (including phenoxy) is 3. The lowest BCUT2D eigenvalue weighted by atomic mass is 10.1. The summed E-state index contributed by atoms with van der Waals surface area (Å²) < 4.78 is 16.2. The van der Waals surface area contributed by atoms with Crippen LogP contribution in [0.3, 0.4) is 0 Å². The van der Waals surface area contributed by atoms with Crippen LogP contribution in [0.2, 0.25) is 0 Å². The molecule has 1 aromatic rings. The van der Waals surface area contributed by atoms with Gasteiger partial charge in [0.15, 0.2) is 11.5 Å². The Bertz CT molecular complexity index is 391. The van der Waals surface area contributed by atoms with Crippen molar-refractivity contribution in [2.45, 2.75) is 32.9 Å². The van der Waals surface area contributed by atoms with Crippen LogP contribution in [-0.4, -0.2) is 33.0 Å². The number of methoxy groups -OCH3 is 2. The van der Waals surface area contributed by atoms with Crippen molar-refractivity contribution in [3.8, 4) is 11.5 Å². The zero-order valence-electron chi connectivity index (χ0n) is 12.6. The third-order valence-electron chi connectivity index (χ3n) is 2.96. The van der Waals surface area contributed by atoms with Gasteiger partial charge >= 0.3 is 0 Å². The van der Waals surface area contributed by atoms with E-state index < -0.39 is 0 Å². The van der Waals surface area contributed by atoms with E-state index in [4.69, 9.17) is 14.2 Å². The van der Waals surface area contributed by atoms with E-state index in [9.17, 15) is 0 Å². The molecule has 0 aliphatic rings. The topological polar surface area (TPSA) is 39.7 Å². The minimum Gasteiger partial charge on any atom is -0.493 e. The van der Waals surface area contributed by atoms with Crippen molar-refractivity contribution in [1.29, 1.82) is 0 Å². The fraction of sp³-hybridized carbons (Fsp3) is 0.600. The van der Waals surface area contributed by atoms with E-state index in [1.165, 1.54) is 0 Å². The first kappa shape index (κ1) is 15.8. The smallest absolute Gasteiger partial charge is 0.161 e. The maximum atomic E-state index is 5.49. The van der Waals surface area contributed by atoms with E-state index in [0.29, 0.717) is 6.61 Å². The Labute approximate surface area is 116 Å². The average molecular weight is 267 g/mol. The van der Waals surface area contributed by atoms with Crippen molar-refractivity contribution in [3.63, 3.8) is 0 Å². The van der Waals surface area contributed by atoms with Crippen molar-refractivity contribution < 1.29 is 14.2 Å². The van der Waals surface area contributed by atoms with E-state index in [-0.39, 0.29) is 5.60 Å². The van der Waals surface area contributed by atoms with Crippen LogP contribution in [0.15, 0.2) is 18.2 Å². The molecule has 0 saturated heterocycles. The van der Waals surface area contributed by atoms with E-state index in [1.54, 1.807) is 14.2 Å². The maximum Gasteiger partial charge on any atom is 0.161 e. The highest BCUT2D eigenvalue weighted by atomic mass is 16.5. The van der Waals surface area contributed by atoms with Crippen LogP contribution in [0.5, 0.6) is 11.5 Å². The van der Waals surface area contributed by atoms with Gasteiger partial charge in [-0.05, 0) is 38.5 Å². The normalized spacial score (nSPS) is 11.4. The molecule has 0 fully saturated rings. The van der Waals surface area contributed by atoms with Crippen molar-refractivity contribution in [2.24, 2.45) is 0 Å². The highest BCUT2D eigenvalue weighted by Gasteiger charge is 2.15. The van der Waals surface area contributed by atoms with Gasteiger partial charge in [-0.25, -0.2) is 0 Å². The van der Waals surface area contributed by atoms with Gasteiger partial charge in [0.25, 0.3) is 0 Å². The monoisotopic (exact) mass is 267 g/mol. The Hall–Kier alpha value is -1.26. The first-order valence-electron chi connectivity index (χ1n) is 6.58. The summed E-state index contributed by atoms with van der Waals surface area (Å²) in [4.78, 5) is 0. The largest absolute Gasteiger partial charge is 0.493 e. The summed E-state index contributed by atoms with van der Waals surface area (Å²) in [6.45, 7) is 8.27. The zero-order valence-corrected chi connectivity index (χ0v) is 12.6. The van der Waals surface area contributed by atoms with Gasteiger partial charge < -0.3 is 19.5 Å². The first-order chi connectivity index (χ1) is 9.02. The van der Waals surface area contributed by atoms with Crippen molar-refractivity contribution in [1.82, 2.24) is 5.32 Å². The van der Waals surface area contributed by atoms with E-state index in [0.717, 1.165) is 30.2 Å². The lowest BCUT2D eigenvalue weighted by Crippen LogP contribution is -2.36. The molecule has 0 bridgehead atoms. The molecule has 0 aliphatic carbocycles. The molecule has 108 valence electrons. The van der Waals surface area contributed by atoms with Crippen molar-refractivity contribution in [2.75, 3.05) is 27.4 Å². The molecule has 0 unspecified atom stereocenters. The van der Waals surface area contributed by atoms with Crippen LogP contribution >= 0.6 is 0 Å². The summed E-state index contributed by atoms with van der Waals surface area (Å²) in [6.07, 6.45) is 0. The predicted octanol–water partition coefficient (Wildman–Crippen LogP) is 2.61. The maximum absolute atomic E-state index is 5.49. The van der Waals surface area contributed by atoms with Crippen LogP contribution in [-0.2, 0) is 11.3 Å². The molecular formula is C15H25NO3. The van der Waals surface area contributed by atoms with Crippen LogP contribution in [0.1, 0.15) is 26.3 Å². The van der Waals surface area contributed by atoms with Crippen LogP contribution in [0.4, 0.5) is 0 Å². The second kappa shape index (κ2) is 7.36. The molecule has 4 heteroatoms. The Kier molecular flexibility index (Phi) is 6.12. The second-order valence-corrected chi connectivity index (χ2v) is 4.99. The fourth-order valence-electron chi connectivity index (χ4n) is 1.68. The van der Waals surface area contributed by atoms with Gasteiger partial charge in [0.2, 0.25) is 0 Å². The van der Waals surface area contributed by atoms with Gasteiger partial charge in [-0.15, -0.1) is 0 Å². The number of hydrogen-bond acceptors (Lipinski definition) is 4. The van der Waals surface area contributed by atoms with Crippen LogP contribution < -0.4 is 14.8 Å². The van der Waals surface area contributed by atoms with Crippen molar-refractivity contribution >= 4 is 0 Å². The summed E-state index contributed by atoms with van der Waals surface area (Å²) in [7, 11) is 3.38. The Morgan fingerprint density at radius 1 is 1.16 bits per heavy atom. The predicted molar refractivity (Wildman–Crippen MR) is 77.0 cm³/mol. The quantitative estimate of drug-likeness (QED) is 0.786. The lowest BCUT2D eigenvalue weighted by molar-refractivity contribution is 0.0230. The highest BCUT2D eigenvalue weighted by Crippen LogP contribution is 2.27. The number of benzene rings is 1. The standard InChI is InChI=1S/C15H25NO3/c1-6-19-13-8-7-12(9-14(13)17-4)10-16-11-15(2,3)18-5/h7-9,16H,6,10-11H2,1-5H3. The number of nitrogens with one attached hydrogen (secondary N) is 1. The van der Waals surface area contributed by atoms with E-state index >= 15 is 0 Å². The molecule has 1 aromatic carbocycles. The Morgan fingerprint density at radius 2 is 1.89 bits per heavy atom. The van der Waals surface area contributed by atoms with E-state index in [2.05, 4.69) is 19.2 Å². The van der Waals surface area contributed by atoms with Gasteiger partial charge in [0.05, 0.1) is 19.3 Å². The second-order valence-electron chi connectivity index (χ2n) is 4.99. The molecule has 0 spiro atoms. The molecule has 0 amide bonds. The summed E-state index contributed by atoms with van der Waals surface area (Å²) in [5, 5.41) is 3.37. The van der Waals surface area contributed by atoms with Gasteiger partial charge in [-0.1, -0.05) is 6.07 Å². The Balaban J connectivity index is 2.60. The summed E-state index contributed by atoms with van der Waals surface area (Å²) >= 11 is 0. The van der Waals surface area contributed by atoms with Crippen LogP contribution in [0.25, 0.3) is 0 Å². The minimum atomic E-state index is -0.157. The molecule has 0 aliphatic heterocycles. The van der Waals surface area contributed by atoms with Gasteiger partial charge in [0, 0.05) is 20.2 Å². The summed E-state index contributed by atoms with van der Waals surface area (Å²) in [5.41, 5.74) is 1.00. The van der Waals surface area contributed by atoms with E-state index in [1.807, 2.05) is 25.1 Å². The number of rotatable bonds is 8. The summed E-state index contributed by atoms with van der Waals surface area (Å²) in [6, 6.07) is 5.99. The lowest BCUT2D eigenvalue weighted by Gasteiger charge is -2.23. The average Bonchev–Trinajstić information content (AvgIpc) is 2.40.